The van der Waals surface area contributed by atoms with Crippen molar-refractivity contribution in [3.63, 3.8) is 0 Å². The molecule has 11 heteroatoms. The molecule has 0 spiro atoms. The lowest BCUT2D eigenvalue weighted by Crippen LogP contribution is -2.45. The number of rotatable bonds is 10. The Morgan fingerprint density at radius 3 is 2.54 bits per heavy atom. The molecule has 1 amide bonds. The molecule has 2 aliphatic rings. The molecule has 0 unspecified atom stereocenters. The van der Waals surface area contributed by atoms with E-state index in [0.717, 1.165) is 36.5 Å². The highest BCUT2D eigenvalue weighted by Crippen LogP contribution is 2.35. The largest absolute Gasteiger partial charge is 0.481 e. The minimum Gasteiger partial charge on any atom is -0.481 e. The Labute approximate surface area is 240 Å². The third-order valence-electron chi connectivity index (χ3n) is 7.10. The van der Waals surface area contributed by atoms with E-state index in [1.807, 2.05) is 56.0 Å². The Kier molecular flexibility index (Phi) is 8.53. The van der Waals surface area contributed by atoms with Gasteiger partial charge in [-0.15, -0.1) is 10.2 Å². The molecule has 1 atom stereocenters. The summed E-state index contributed by atoms with van der Waals surface area (Å²) in [7, 11) is 3.14. The molecule has 1 saturated heterocycles. The Hall–Kier alpha value is -3.99. The first kappa shape index (κ1) is 28.5. The van der Waals surface area contributed by atoms with Crippen LogP contribution in [0.4, 0.5) is 10.6 Å². The number of aromatic nitrogens is 4. The molecular weight excluding hydrogens is 524 g/mol. The molecule has 11 nitrogen and oxygen atoms in total. The second-order valence-corrected chi connectivity index (χ2v) is 11.4. The van der Waals surface area contributed by atoms with Crippen LogP contribution in [-0.2, 0) is 9.47 Å². The van der Waals surface area contributed by atoms with Gasteiger partial charge in [-0.25, -0.2) is 14.8 Å². The summed E-state index contributed by atoms with van der Waals surface area (Å²) in [5, 5.41) is 9.09. The van der Waals surface area contributed by atoms with Crippen LogP contribution in [0.25, 0.3) is 22.5 Å². The van der Waals surface area contributed by atoms with Gasteiger partial charge in [0, 0.05) is 43.9 Å². The fourth-order valence-corrected chi connectivity index (χ4v) is 4.86. The van der Waals surface area contributed by atoms with Gasteiger partial charge in [0.1, 0.15) is 17.7 Å². The fourth-order valence-electron chi connectivity index (χ4n) is 4.86. The number of carbonyl (C=O) groups excluding carboxylic acids is 1. The molecule has 0 radical (unpaired) electrons. The molecular formula is C30H38N6O5. The Bertz CT molecular complexity index is 1340. The summed E-state index contributed by atoms with van der Waals surface area (Å²) in [6.45, 7) is 8.04. The molecule has 2 aromatic heterocycles. The average Bonchev–Trinajstić information content (AvgIpc) is 3.67. The van der Waals surface area contributed by atoms with Crippen molar-refractivity contribution in [2.75, 3.05) is 45.5 Å². The molecule has 3 heterocycles. The van der Waals surface area contributed by atoms with Crippen LogP contribution in [0.5, 0.6) is 11.6 Å². The number of methoxy groups -OCH3 is 2. The van der Waals surface area contributed by atoms with Crippen LogP contribution in [0.2, 0.25) is 0 Å². The summed E-state index contributed by atoms with van der Waals surface area (Å²) in [5.41, 5.74) is 2.48. The lowest BCUT2D eigenvalue weighted by atomic mass is 10.0. The van der Waals surface area contributed by atoms with Gasteiger partial charge in [-0.1, -0.05) is 6.07 Å². The maximum absolute atomic E-state index is 13.0. The summed E-state index contributed by atoms with van der Waals surface area (Å²) in [6, 6.07) is 11.5. The van der Waals surface area contributed by atoms with E-state index in [0.29, 0.717) is 35.5 Å². The molecule has 1 aliphatic heterocycles. The van der Waals surface area contributed by atoms with Gasteiger partial charge in [0.25, 0.3) is 0 Å². The number of amides is 1. The average molecular weight is 563 g/mol. The predicted octanol–water partition coefficient (Wildman–Crippen LogP) is 4.82. The van der Waals surface area contributed by atoms with Gasteiger partial charge in [-0.05, 0) is 70.2 Å². The van der Waals surface area contributed by atoms with Crippen LogP contribution < -0.4 is 14.4 Å². The summed E-state index contributed by atoms with van der Waals surface area (Å²) in [6.07, 6.45) is 4.44. The summed E-state index contributed by atoms with van der Waals surface area (Å²) in [5.74, 6) is 2.42. The highest BCUT2D eigenvalue weighted by molar-refractivity contribution is 5.74. The van der Waals surface area contributed by atoms with Gasteiger partial charge < -0.3 is 28.7 Å². The van der Waals surface area contributed by atoms with Crippen molar-refractivity contribution in [2.45, 2.75) is 51.7 Å². The number of nitrogens with zero attached hydrogens (tertiary/aromatic N) is 6. The predicted molar refractivity (Wildman–Crippen MR) is 154 cm³/mol. The van der Waals surface area contributed by atoms with Crippen LogP contribution in [0.1, 0.15) is 40.0 Å². The van der Waals surface area contributed by atoms with Crippen molar-refractivity contribution in [2.24, 2.45) is 5.92 Å². The number of carbonyl (C=O) groups is 1. The maximum atomic E-state index is 13.0. The molecule has 1 aliphatic carbocycles. The lowest BCUT2D eigenvalue weighted by molar-refractivity contribution is 0.0167. The zero-order valence-electron chi connectivity index (χ0n) is 24.4. The first-order chi connectivity index (χ1) is 19.7. The topological polar surface area (TPSA) is 112 Å². The maximum Gasteiger partial charge on any atom is 0.410 e. The quantitative estimate of drug-likeness (QED) is 0.319. The van der Waals surface area contributed by atoms with Crippen molar-refractivity contribution in [1.82, 2.24) is 25.1 Å². The third kappa shape index (κ3) is 7.21. The molecule has 41 heavy (non-hydrogen) atoms. The third-order valence-corrected chi connectivity index (χ3v) is 7.10. The van der Waals surface area contributed by atoms with Crippen molar-refractivity contribution >= 4 is 11.9 Å². The van der Waals surface area contributed by atoms with E-state index in [2.05, 4.69) is 25.1 Å². The van der Waals surface area contributed by atoms with E-state index in [4.69, 9.17) is 18.9 Å². The highest BCUT2D eigenvalue weighted by atomic mass is 16.7. The molecule has 3 aromatic rings. The first-order valence-corrected chi connectivity index (χ1v) is 13.9. The van der Waals surface area contributed by atoms with E-state index in [9.17, 15) is 4.79 Å². The summed E-state index contributed by atoms with van der Waals surface area (Å²) < 4.78 is 22.0. The zero-order valence-corrected chi connectivity index (χ0v) is 24.4. The van der Waals surface area contributed by atoms with Crippen LogP contribution in [-0.4, -0.2) is 83.4 Å². The van der Waals surface area contributed by atoms with Gasteiger partial charge in [0.15, 0.2) is 12.6 Å². The zero-order chi connectivity index (χ0) is 29.0. The van der Waals surface area contributed by atoms with Gasteiger partial charge in [0.2, 0.25) is 5.88 Å². The molecule has 1 saturated carbocycles. The van der Waals surface area contributed by atoms with Gasteiger partial charge >= 0.3 is 6.09 Å². The van der Waals surface area contributed by atoms with Crippen molar-refractivity contribution in [3.05, 3.63) is 42.7 Å². The molecule has 2 fully saturated rings. The molecule has 218 valence electrons. The number of hydrogen-bond donors (Lipinski definition) is 0. The van der Waals surface area contributed by atoms with Crippen molar-refractivity contribution in [1.29, 1.82) is 0 Å². The number of benzene rings is 1. The minimum atomic E-state index is -0.524. The molecule has 1 aromatic carbocycles. The standard InChI is InChI=1S/C30H38N6O5/c1-30(2,3)41-29(37)36(16-20-6-7-20)22-12-13-35(17-22)27-11-10-24(33-34-27)23-9-8-21(14-26(23)40-19-38-4)25-15-28(39-5)32-18-31-25/h8-11,14-15,18,20,22H,6-7,12-13,16-17,19H2,1-5H3/t22-/m1/s1. The SMILES string of the molecule is COCOc1cc(-c2cc(OC)ncn2)ccc1-c1ccc(N2CC[C@@H](N(CC3CC3)C(=O)OC(C)(C)C)C2)nn1. The van der Waals surface area contributed by atoms with E-state index < -0.39 is 5.60 Å². The van der Waals surface area contributed by atoms with E-state index >= 15 is 0 Å². The number of anilines is 1. The number of hydrogen-bond acceptors (Lipinski definition) is 10. The minimum absolute atomic E-state index is 0.0777. The van der Waals surface area contributed by atoms with Crippen molar-refractivity contribution in [3.8, 4) is 34.1 Å². The van der Waals surface area contributed by atoms with Crippen molar-refractivity contribution < 1.29 is 23.7 Å². The molecule has 0 bridgehead atoms. The fraction of sp³-hybridized carbons (Fsp3) is 0.500. The first-order valence-electron chi connectivity index (χ1n) is 13.9. The van der Waals surface area contributed by atoms with Gasteiger partial charge in [-0.3, -0.25) is 0 Å². The summed E-state index contributed by atoms with van der Waals surface area (Å²) >= 11 is 0. The monoisotopic (exact) mass is 562 g/mol. The van der Waals surface area contributed by atoms with Crippen LogP contribution in [0.15, 0.2) is 42.7 Å². The summed E-state index contributed by atoms with van der Waals surface area (Å²) in [4.78, 5) is 25.6. The van der Waals surface area contributed by atoms with Crippen LogP contribution in [0, 0.1) is 5.92 Å². The van der Waals surface area contributed by atoms with Crippen LogP contribution >= 0.6 is 0 Å². The normalized spacial score (nSPS) is 16.9. The van der Waals surface area contributed by atoms with E-state index in [-0.39, 0.29) is 18.9 Å². The Morgan fingerprint density at radius 2 is 1.85 bits per heavy atom. The second kappa shape index (κ2) is 12.3. The van der Waals surface area contributed by atoms with Gasteiger partial charge in [0.05, 0.1) is 24.5 Å². The van der Waals surface area contributed by atoms with E-state index in [1.165, 1.54) is 19.2 Å². The molecule has 0 N–H and O–H groups in total. The van der Waals surface area contributed by atoms with Crippen LogP contribution in [0.3, 0.4) is 0 Å². The Balaban J connectivity index is 1.32. The number of ether oxygens (including phenoxy) is 4. The molecule has 5 rings (SSSR count). The lowest BCUT2D eigenvalue weighted by Gasteiger charge is -2.31. The van der Waals surface area contributed by atoms with Gasteiger partial charge in [-0.2, -0.15) is 0 Å². The smallest absolute Gasteiger partial charge is 0.410 e. The second-order valence-electron chi connectivity index (χ2n) is 11.4. The highest BCUT2D eigenvalue weighted by Gasteiger charge is 2.37. The Morgan fingerprint density at radius 1 is 1.02 bits per heavy atom. The van der Waals surface area contributed by atoms with E-state index in [1.54, 1.807) is 20.3 Å².